The molecule has 7 nitrogen and oxygen atoms in total. The molecule has 9 heteroatoms. The smallest absolute Gasteiger partial charge is 0.243 e. The molecule has 0 bridgehead atoms. The predicted molar refractivity (Wildman–Crippen MR) is 119 cm³/mol. The fourth-order valence-electron chi connectivity index (χ4n) is 2.91. The molecule has 162 valence electrons. The number of nitrogens with zero attached hydrogens (tertiary/aromatic N) is 1. The third-order valence-electron chi connectivity index (χ3n) is 4.47. The van der Waals surface area contributed by atoms with Crippen LogP contribution >= 0.6 is 11.6 Å². The number of carbonyl (C=O) groups is 2. The van der Waals surface area contributed by atoms with Crippen molar-refractivity contribution in [2.75, 3.05) is 23.7 Å². The fourth-order valence-corrected chi connectivity index (χ4v) is 4.54. The Bertz CT molecular complexity index is 1000. The Morgan fingerprint density at radius 3 is 2.20 bits per heavy atom. The summed E-state index contributed by atoms with van der Waals surface area (Å²) in [5.74, 6) is -0.460. The van der Waals surface area contributed by atoms with Crippen LogP contribution in [0.1, 0.15) is 32.8 Å². The minimum absolute atomic E-state index is 0.197. The van der Waals surface area contributed by atoms with Gasteiger partial charge in [-0.2, -0.15) is 4.31 Å². The molecule has 0 aliphatic heterocycles. The van der Waals surface area contributed by atoms with E-state index in [9.17, 15) is 18.0 Å². The van der Waals surface area contributed by atoms with Gasteiger partial charge < -0.3 is 10.6 Å². The van der Waals surface area contributed by atoms with Crippen LogP contribution in [0.25, 0.3) is 0 Å². The van der Waals surface area contributed by atoms with E-state index in [1.165, 1.54) is 11.2 Å². The summed E-state index contributed by atoms with van der Waals surface area (Å²) >= 11 is 6.12. The molecule has 0 aliphatic rings. The topological polar surface area (TPSA) is 95.6 Å². The Morgan fingerprint density at radius 1 is 1.00 bits per heavy atom. The van der Waals surface area contributed by atoms with E-state index in [4.69, 9.17) is 11.6 Å². The molecule has 0 aromatic heterocycles. The highest BCUT2D eigenvalue weighted by molar-refractivity contribution is 7.89. The van der Waals surface area contributed by atoms with Gasteiger partial charge in [-0.15, -0.1) is 0 Å². The van der Waals surface area contributed by atoms with Crippen LogP contribution in [0.5, 0.6) is 0 Å². The summed E-state index contributed by atoms with van der Waals surface area (Å²) in [5, 5.41) is 5.74. The van der Waals surface area contributed by atoms with Crippen LogP contribution < -0.4 is 10.6 Å². The Kier molecular flexibility index (Phi) is 8.40. The van der Waals surface area contributed by atoms with E-state index in [1.54, 1.807) is 56.3 Å². The standard InChI is InChI=1S/C21H26ClN3O4S/c1-4-25(5-2)30(28,29)18-10-6-16(7-11-18)8-13-21(27)24-20-14-17(23-15(3)26)9-12-19(20)22/h6-7,9-12,14H,4-5,8,13H2,1-3H3,(H,23,26)(H,24,27). The van der Waals surface area contributed by atoms with E-state index in [0.717, 1.165) is 5.56 Å². The number of carbonyl (C=O) groups excluding carboxylic acids is 2. The molecular weight excluding hydrogens is 426 g/mol. The largest absolute Gasteiger partial charge is 0.326 e. The van der Waals surface area contributed by atoms with Crippen LogP contribution in [0, 0.1) is 0 Å². The molecule has 0 heterocycles. The highest BCUT2D eigenvalue weighted by Crippen LogP contribution is 2.26. The minimum atomic E-state index is -3.50. The maximum atomic E-state index is 12.5. The van der Waals surface area contributed by atoms with Crippen molar-refractivity contribution in [3.8, 4) is 0 Å². The first-order valence-corrected chi connectivity index (χ1v) is 11.4. The molecule has 0 saturated heterocycles. The van der Waals surface area contributed by atoms with Crippen molar-refractivity contribution in [2.45, 2.75) is 38.5 Å². The summed E-state index contributed by atoms with van der Waals surface area (Å²) in [7, 11) is -3.50. The number of hydrogen-bond donors (Lipinski definition) is 2. The first-order valence-electron chi connectivity index (χ1n) is 9.63. The summed E-state index contributed by atoms with van der Waals surface area (Å²) in [6.07, 6.45) is 0.642. The van der Waals surface area contributed by atoms with Crippen LogP contribution in [-0.4, -0.2) is 37.6 Å². The van der Waals surface area contributed by atoms with Crippen LogP contribution in [-0.2, 0) is 26.0 Å². The summed E-state index contributed by atoms with van der Waals surface area (Å²) in [4.78, 5) is 23.7. The minimum Gasteiger partial charge on any atom is -0.326 e. The molecule has 0 atom stereocenters. The first-order chi connectivity index (χ1) is 14.2. The van der Waals surface area contributed by atoms with Crippen molar-refractivity contribution >= 4 is 44.8 Å². The zero-order chi connectivity index (χ0) is 22.3. The number of amides is 2. The number of anilines is 2. The van der Waals surface area contributed by atoms with E-state index in [1.807, 2.05) is 0 Å². The molecule has 0 aliphatic carbocycles. The molecule has 0 unspecified atom stereocenters. The zero-order valence-electron chi connectivity index (χ0n) is 17.2. The number of nitrogens with one attached hydrogen (secondary N) is 2. The average molecular weight is 452 g/mol. The molecule has 0 spiro atoms. The van der Waals surface area contributed by atoms with Gasteiger partial charge in [-0.1, -0.05) is 37.6 Å². The number of aryl methyl sites for hydroxylation is 1. The molecule has 2 rings (SSSR count). The van der Waals surface area contributed by atoms with Gasteiger partial charge in [0.05, 0.1) is 15.6 Å². The first kappa shape index (κ1) is 23.9. The van der Waals surface area contributed by atoms with Crippen LogP contribution in [0.2, 0.25) is 5.02 Å². The SMILES string of the molecule is CCN(CC)S(=O)(=O)c1ccc(CCC(=O)Nc2cc(NC(C)=O)ccc2Cl)cc1. The molecular formula is C21H26ClN3O4S. The van der Waals surface area contributed by atoms with Crippen molar-refractivity contribution in [3.05, 3.63) is 53.1 Å². The Morgan fingerprint density at radius 2 is 1.63 bits per heavy atom. The van der Waals surface area contributed by atoms with Crippen molar-refractivity contribution in [1.29, 1.82) is 0 Å². The maximum absolute atomic E-state index is 12.5. The third kappa shape index (κ3) is 6.29. The lowest BCUT2D eigenvalue weighted by atomic mass is 10.1. The van der Waals surface area contributed by atoms with Gasteiger partial charge in [0.25, 0.3) is 0 Å². The zero-order valence-corrected chi connectivity index (χ0v) is 18.8. The molecule has 0 fully saturated rings. The quantitative estimate of drug-likeness (QED) is 0.604. The van der Waals surface area contributed by atoms with Gasteiger partial charge in [-0.3, -0.25) is 9.59 Å². The Hall–Kier alpha value is -2.42. The summed E-state index contributed by atoms with van der Waals surface area (Å²) in [5.41, 5.74) is 1.79. The monoisotopic (exact) mass is 451 g/mol. The Balaban J connectivity index is 1.99. The lowest BCUT2D eigenvalue weighted by molar-refractivity contribution is -0.116. The van der Waals surface area contributed by atoms with E-state index in [0.29, 0.717) is 35.9 Å². The van der Waals surface area contributed by atoms with Gasteiger partial charge in [0.15, 0.2) is 0 Å². The second-order valence-corrected chi connectivity index (χ2v) is 9.00. The fraction of sp³-hybridized carbons (Fsp3) is 0.333. The normalized spacial score (nSPS) is 11.4. The number of benzene rings is 2. The summed E-state index contributed by atoms with van der Waals surface area (Å²) < 4.78 is 26.4. The van der Waals surface area contributed by atoms with Gasteiger partial charge in [-0.05, 0) is 42.3 Å². The van der Waals surface area contributed by atoms with Crippen molar-refractivity contribution in [1.82, 2.24) is 4.31 Å². The second kappa shape index (κ2) is 10.6. The number of hydrogen-bond acceptors (Lipinski definition) is 4. The third-order valence-corrected chi connectivity index (χ3v) is 6.86. The number of sulfonamides is 1. The molecule has 30 heavy (non-hydrogen) atoms. The van der Waals surface area contributed by atoms with Gasteiger partial charge in [0, 0.05) is 32.1 Å². The molecule has 2 amide bonds. The maximum Gasteiger partial charge on any atom is 0.243 e. The molecule has 2 aromatic carbocycles. The lowest BCUT2D eigenvalue weighted by Gasteiger charge is -2.18. The molecule has 2 aromatic rings. The van der Waals surface area contributed by atoms with Crippen molar-refractivity contribution in [2.24, 2.45) is 0 Å². The molecule has 0 saturated carbocycles. The van der Waals surface area contributed by atoms with E-state index in [2.05, 4.69) is 10.6 Å². The van der Waals surface area contributed by atoms with Crippen LogP contribution in [0.4, 0.5) is 11.4 Å². The summed E-state index contributed by atoms with van der Waals surface area (Å²) in [6, 6.07) is 11.4. The van der Waals surface area contributed by atoms with Crippen LogP contribution in [0.3, 0.4) is 0 Å². The van der Waals surface area contributed by atoms with Gasteiger partial charge in [0.1, 0.15) is 0 Å². The summed E-state index contributed by atoms with van der Waals surface area (Å²) in [6.45, 7) is 5.81. The van der Waals surface area contributed by atoms with Crippen molar-refractivity contribution in [3.63, 3.8) is 0 Å². The highest BCUT2D eigenvalue weighted by atomic mass is 35.5. The average Bonchev–Trinajstić information content (AvgIpc) is 2.69. The predicted octanol–water partition coefficient (Wildman–Crippen LogP) is 3.90. The molecule has 2 N–H and O–H groups in total. The van der Waals surface area contributed by atoms with Gasteiger partial charge in [-0.25, -0.2) is 8.42 Å². The second-order valence-electron chi connectivity index (χ2n) is 6.66. The van der Waals surface area contributed by atoms with Crippen molar-refractivity contribution < 1.29 is 18.0 Å². The van der Waals surface area contributed by atoms with E-state index < -0.39 is 10.0 Å². The Labute approximate surface area is 182 Å². The van der Waals surface area contributed by atoms with E-state index >= 15 is 0 Å². The number of rotatable bonds is 9. The van der Waals surface area contributed by atoms with Gasteiger partial charge in [0.2, 0.25) is 21.8 Å². The highest BCUT2D eigenvalue weighted by Gasteiger charge is 2.21. The van der Waals surface area contributed by atoms with Gasteiger partial charge >= 0.3 is 0 Å². The van der Waals surface area contributed by atoms with Crippen LogP contribution in [0.15, 0.2) is 47.4 Å². The lowest BCUT2D eigenvalue weighted by Crippen LogP contribution is -2.30. The molecule has 0 radical (unpaired) electrons. The number of halogens is 1. The van der Waals surface area contributed by atoms with E-state index in [-0.39, 0.29) is 23.1 Å².